The minimum atomic E-state index is -0.371. The molecular formula is C23H19FN2O3S. The van der Waals surface area contributed by atoms with E-state index in [0.717, 1.165) is 11.1 Å². The Bertz CT molecular complexity index is 1340. The number of thiophene rings is 1. The molecule has 0 atom stereocenters. The van der Waals surface area contributed by atoms with Crippen LogP contribution in [0.4, 0.5) is 4.39 Å². The molecule has 2 aromatic heterocycles. The number of hydrogen-bond donors (Lipinski definition) is 0. The molecule has 0 bridgehead atoms. The zero-order valence-electron chi connectivity index (χ0n) is 16.7. The van der Waals surface area contributed by atoms with Gasteiger partial charge in [-0.05, 0) is 55.3 Å². The molecule has 0 radical (unpaired) electrons. The average molecular weight is 422 g/mol. The molecule has 0 saturated heterocycles. The molecule has 152 valence electrons. The number of nitrogens with zero attached hydrogens (tertiary/aromatic N) is 2. The number of Topliss-reactive ketones (excluding diaryl/α,β-unsaturated/α-hetero) is 1. The predicted molar refractivity (Wildman–Crippen MR) is 116 cm³/mol. The fourth-order valence-electron chi connectivity index (χ4n) is 3.37. The Labute approximate surface area is 176 Å². The van der Waals surface area contributed by atoms with Crippen LogP contribution in [0.5, 0.6) is 5.75 Å². The van der Waals surface area contributed by atoms with Crippen LogP contribution in [0.3, 0.4) is 0 Å². The van der Waals surface area contributed by atoms with Crippen molar-refractivity contribution in [3.63, 3.8) is 0 Å². The predicted octanol–water partition coefficient (Wildman–Crippen LogP) is 4.77. The molecule has 30 heavy (non-hydrogen) atoms. The molecule has 0 spiro atoms. The lowest BCUT2D eigenvalue weighted by Crippen LogP contribution is -2.27. The monoisotopic (exact) mass is 422 g/mol. The number of carbonyl (C=O) groups is 1. The van der Waals surface area contributed by atoms with Gasteiger partial charge in [-0.15, -0.1) is 11.3 Å². The standard InChI is InChI=1S/C23H19FN2O3S/c1-13-9-16(7-8-19(13)24)20(27)11-26-14(2)25-22-21(23(26)28)18(12-30-22)15-5-4-6-17(10-15)29-3/h4-10,12H,11H2,1-3H3. The Morgan fingerprint density at radius 1 is 1.20 bits per heavy atom. The lowest BCUT2D eigenvalue weighted by Gasteiger charge is -2.10. The number of hydrogen-bond acceptors (Lipinski definition) is 5. The smallest absolute Gasteiger partial charge is 0.263 e. The average Bonchev–Trinajstić information content (AvgIpc) is 3.16. The first kappa shape index (κ1) is 20.0. The minimum Gasteiger partial charge on any atom is -0.497 e. The molecule has 7 heteroatoms. The summed E-state index contributed by atoms with van der Waals surface area (Å²) in [5.74, 6) is 0.500. The van der Waals surface area contributed by atoms with E-state index in [1.807, 2.05) is 29.6 Å². The highest BCUT2D eigenvalue weighted by Gasteiger charge is 2.18. The van der Waals surface area contributed by atoms with Gasteiger partial charge >= 0.3 is 0 Å². The first-order chi connectivity index (χ1) is 14.4. The van der Waals surface area contributed by atoms with Crippen molar-refractivity contribution >= 4 is 27.3 Å². The Kier molecular flexibility index (Phi) is 5.22. The zero-order chi connectivity index (χ0) is 21.4. The van der Waals surface area contributed by atoms with Gasteiger partial charge in [0.05, 0.1) is 19.0 Å². The quantitative estimate of drug-likeness (QED) is 0.435. The number of carbonyl (C=O) groups excluding carboxylic acids is 1. The van der Waals surface area contributed by atoms with Gasteiger partial charge in [0.15, 0.2) is 5.78 Å². The fraction of sp³-hybridized carbons (Fsp3) is 0.174. The topological polar surface area (TPSA) is 61.2 Å². The second-order valence-electron chi connectivity index (χ2n) is 7.00. The van der Waals surface area contributed by atoms with Crippen molar-refractivity contribution in [1.29, 1.82) is 0 Å². The van der Waals surface area contributed by atoms with Crippen molar-refractivity contribution in [3.05, 3.63) is 81.0 Å². The molecule has 0 fully saturated rings. The first-order valence-electron chi connectivity index (χ1n) is 9.31. The lowest BCUT2D eigenvalue weighted by molar-refractivity contribution is 0.0969. The highest BCUT2D eigenvalue weighted by atomic mass is 32.1. The summed E-state index contributed by atoms with van der Waals surface area (Å²) in [4.78, 5) is 31.3. The van der Waals surface area contributed by atoms with Gasteiger partial charge in [0.2, 0.25) is 0 Å². The summed E-state index contributed by atoms with van der Waals surface area (Å²) in [6.07, 6.45) is 0. The highest BCUT2D eigenvalue weighted by molar-refractivity contribution is 7.17. The number of aromatic nitrogens is 2. The van der Waals surface area contributed by atoms with Gasteiger partial charge < -0.3 is 4.74 Å². The molecule has 0 unspecified atom stereocenters. The number of rotatable bonds is 5. The second-order valence-corrected chi connectivity index (χ2v) is 7.86. The van der Waals surface area contributed by atoms with Crippen molar-refractivity contribution in [2.24, 2.45) is 0 Å². The van der Waals surface area contributed by atoms with Crippen LogP contribution in [-0.2, 0) is 6.54 Å². The molecule has 0 N–H and O–H groups in total. The first-order valence-corrected chi connectivity index (χ1v) is 10.2. The summed E-state index contributed by atoms with van der Waals surface area (Å²) in [5.41, 5.74) is 2.07. The third-order valence-corrected chi connectivity index (χ3v) is 5.92. The number of methoxy groups -OCH3 is 1. The van der Waals surface area contributed by atoms with Gasteiger partial charge in [0, 0.05) is 16.5 Å². The number of benzene rings is 2. The SMILES string of the molecule is COc1cccc(-c2csc3nc(C)n(CC(=O)c4ccc(F)c(C)c4)c(=O)c23)c1. The summed E-state index contributed by atoms with van der Waals surface area (Å²) in [5, 5.41) is 2.37. The van der Waals surface area contributed by atoms with Crippen LogP contribution in [0.25, 0.3) is 21.3 Å². The van der Waals surface area contributed by atoms with E-state index in [0.29, 0.717) is 32.9 Å². The second kappa shape index (κ2) is 7.84. The van der Waals surface area contributed by atoms with Crippen LogP contribution >= 0.6 is 11.3 Å². The summed E-state index contributed by atoms with van der Waals surface area (Å²) in [6, 6.07) is 11.6. The van der Waals surface area contributed by atoms with Gasteiger partial charge in [0.1, 0.15) is 22.2 Å². The van der Waals surface area contributed by atoms with Crippen molar-refractivity contribution in [3.8, 4) is 16.9 Å². The summed E-state index contributed by atoms with van der Waals surface area (Å²) in [6.45, 7) is 3.14. The Morgan fingerprint density at radius 2 is 2.00 bits per heavy atom. The lowest BCUT2D eigenvalue weighted by atomic mass is 10.1. The summed E-state index contributed by atoms with van der Waals surface area (Å²) >= 11 is 1.39. The molecule has 0 aliphatic carbocycles. The van der Waals surface area contributed by atoms with Gasteiger partial charge in [-0.2, -0.15) is 0 Å². The van der Waals surface area contributed by atoms with E-state index >= 15 is 0 Å². The van der Waals surface area contributed by atoms with Crippen LogP contribution in [0.2, 0.25) is 0 Å². The Hall–Kier alpha value is -3.32. The zero-order valence-corrected chi connectivity index (χ0v) is 17.5. The fourth-order valence-corrected chi connectivity index (χ4v) is 4.35. The number of aryl methyl sites for hydroxylation is 2. The van der Waals surface area contributed by atoms with E-state index in [1.165, 1.54) is 34.1 Å². The number of ether oxygens (including phenoxy) is 1. The molecule has 4 rings (SSSR count). The molecule has 2 heterocycles. The largest absolute Gasteiger partial charge is 0.497 e. The Balaban J connectivity index is 1.80. The van der Waals surface area contributed by atoms with Gasteiger partial charge in [-0.25, -0.2) is 9.37 Å². The normalized spacial score (nSPS) is 11.1. The van der Waals surface area contributed by atoms with E-state index in [2.05, 4.69) is 4.98 Å². The third-order valence-electron chi connectivity index (χ3n) is 5.05. The molecular weight excluding hydrogens is 403 g/mol. The Morgan fingerprint density at radius 3 is 2.73 bits per heavy atom. The maximum Gasteiger partial charge on any atom is 0.263 e. The maximum absolute atomic E-state index is 13.5. The molecule has 0 amide bonds. The number of fused-ring (bicyclic) bond motifs is 1. The van der Waals surface area contributed by atoms with E-state index in [4.69, 9.17) is 4.74 Å². The summed E-state index contributed by atoms with van der Waals surface area (Å²) in [7, 11) is 1.59. The van der Waals surface area contributed by atoms with Crippen LogP contribution in [-0.4, -0.2) is 22.4 Å². The van der Waals surface area contributed by atoms with E-state index in [1.54, 1.807) is 21.0 Å². The molecule has 2 aromatic carbocycles. The maximum atomic E-state index is 13.5. The minimum absolute atomic E-state index is 0.161. The van der Waals surface area contributed by atoms with Crippen LogP contribution in [0.1, 0.15) is 21.7 Å². The molecule has 0 aliphatic rings. The van der Waals surface area contributed by atoms with Gasteiger partial charge in [-0.3, -0.25) is 14.2 Å². The van der Waals surface area contributed by atoms with Crippen molar-refractivity contribution in [2.75, 3.05) is 7.11 Å². The number of ketones is 1. The molecule has 4 aromatic rings. The van der Waals surface area contributed by atoms with Crippen LogP contribution in [0, 0.1) is 19.7 Å². The molecule has 0 saturated carbocycles. The van der Waals surface area contributed by atoms with Gasteiger partial charge in [0.25, 0.3) is 5.56 Å². The van der Waals surface area contributed by atoms with E-state index < -0.39 is 0 Å². The third kappa shape index (κ3) is 3.52. The van der Waals surface area contributed by atoms with E-state index in [9.17, 15) is 14.0 Å². The van der Waals surface area contributed by atoms with Crippen molar-refractivity contribution in [1.82, 2.24) is 9.55 Å². The van der Waals surface area contributed by atoms with Crippen LogP contribution < -0.4 is 10.3 Å². The number of halogens is 1. The highest BCUT2D eigenvalue weighted by Crippen LogP contribution is 2.32. The van der Waals surface area contributed by atoms with E-state index in [-0.39, 0.29) is 23.7 Å². The van der Waals surface area contributed by atoms with Crippen molar-refractivity contribution < 1.29 is 13.9 Å². The van der Waals surface area contributed by atoms with Gasteiger partial charge in [-0.1, -0.05) is 12.1 Å². The van der Waals surface area contributed by atoms with Crippen molar-refractivity contribution in [2.45, 2.75) is 20.4 Å². The molecule has 5 nitrogen and oxygen atoms in total. The van der Waals surface area contributed by atoms with Crippen LogP contribution in [0.15, 0.2) is 52.6 Å². The molecule has 0 aliphatic heterocycles. The summed E-state index contributed by atoms with van der Waals surface area (Å²) < 4.78 is 20.2.